The van der Waals surface area contributed by atoms with Gasteiger partial charge in [0, 0.05) is 29.7 Å². The van der Waals surface area contributed by atoms with Crippen LogP contribution < -0.4 is 24.8 Å². The molecule has 4 heterocycles. The van der Waals surface area contributed by atoms with Crippen LogP contribution in [-0.4, -0.2) is 88.8 Å². The van der Waals surface area contributed by atoms with E-state index in [4.69, 9.17) is 9.47 Å². The summed E-state index contributed by atoms with van der Waals surface area (Å²) < 4.78 is 98.9. The Morgan fingerprint density at radius 1 is 1.13 bits per heavy atom. The van der Waals surface area contributed by atoms with E-state index in [-0.39, 0.29) is 29.5 Å². The van der Waals surface area contributed by atoms with Crippen molar-refractivity contribution < 1.29 is 59.7 Å². The van der Waals surface area contributed by atoms with Crippen LogP contribution in [0.1, 0.15) is 88.6 Å². The summed E-state index contributed by atoms with van der Waals surface area (Å²) in [6.07, 6.45) is -3.57. The number of aromatic nitrogens is 1. The van der Waals surface area contributed by atoms with Crippen molar-refractivity contribution in [2.45, 2.75) is 111 Å². The molecule has 55 heavy (non-hydrogen) atoms. The van der Waals surface area contributed by atoms with Crippen LogP contribution in [0.3, 0.4) is 0 Å². The molecule has 3 fully saturated rings. The fourth-order valence-electron chi connectivity index (χ4n) is 8.03. The lowest BCUT2D eigenvalue weighted by Crippen LogP contribution is -2.58. The van der Waals surface area contributed by atoms with Crippen molar-refractivity contribution in [1.29, 1.82) is 0 Å². The highest BCUT2D eigenvalue weighted by atomic mass is 32.2. The zero-order chi connectivity index (χ0) is 39.7. The highest BCUT2D eigenvalue weighted by Gasteiger charge is 2.64. The van der Waals surface area contributed by atoms with Crippen LogP contribution in [0.25, 0.3) is 10.9 Å². The number of hydrogen-bond acceptors (Lipinski definition) is 9. The standard InChI is InChI=1S/C36H41F4N5O9S/c1-33(12-13-33)55(51,52)44-31(48)35-15-19(35)8-6-4-3-5-7-9-24(42-32(49)50)30(47)45-18-34(17-25(45)29(46)43-35)16-22(37)26-21-14-20(53-2)10-11-23(21)41-28(27(26)54-34)36(38,39)40/h6,8,10-11,14,19,22,24-25,42H,3-5,7,9,12-13,15-18H2,1-2H3,(H,43,46)(H,44,48)(H,49,50)/b8-6-/t19-,22-,24+,25+,34-,35-/m1/s1. The van der Waals surface area contributed by atoms with Gasteiger partial charge in [-0.3, -0.25) is 19.1 Å². The molecule has 19 heteroatoms. The molecular weight excluding hydrogens is 754 g/mol. The van der Waals surface area contributed by atoms with Crippen LogP contribution in [0.2, 0.25) is 0 Å². The van der Waals surface area contributed by atoms with E-state index in [0.717, 1.165) is 4.90 Å². The molecule has 1 aromatic carbocycles. The van der Waals surface area contributed by atoms with Crippen LogP contribution in [0, 0.1) is 5.92 Å². The molecule has 4 N–H and O–H groups in total. The second kappa shape index (κ2) is 13.5. The van der Waals surface area contributed by atoms with E-state index in [2.05, 4.69) is 20.3 Å². The van der Waals surface area contributed by atoms with Gasteiger partial charge in [0.05, 0.1) is 23.9 Å². The van der Waals surface area contributed by atoms with Crippen LogP contribution in [0.15, 0.2) is 30.4 Å². The summed E-state index contributed by atoms with van der Waals surface area (Å²) in [7, 11) is -2.81. The minimum absolute atomic E-state index is 0.00729. The Morgan fingerprint density at radius 3 is 2.55 bits per heavy atom. The normalized spacial score (nSPS) is 31.1. The molecule has 4 amide bonds. The number of ether oxygens (including phenoxy) is 2. The maximum atomic E-state index is 16.6. The summed E-state index contributed by atoms with van der Waals surface area (Å²) in [5.74, 6) is -4.19. The second-order valence-corrected chi connectivity index (χ2v) is 17.6. The average Bonchev–Trinajstić information content (AvgIpc) is 4.00. The maximum absolute atomic E-state index is 16.6. The smallest absolute Gasteiger partial charge is 0.437 e. The maximum Gasteiger partial charge on any atom is 0.437 e. The Hall–Kier alpha value is -4.68. The number of pyridine rings is 1. The number of carbonyl (C=O) groups excluding carboxylic acids is 3. The molecule has 6 atom stereocenters. The molecule has 1 spiro atoms. The van der Waals surface area contributed by atoms with Gasteiger partial charge in [-0.25, -0.2) is 22.6 Å². The number of nitrogens with one attached hydrogen (secondary N) is 3. The van der Waals surface area contributed by atoms with E-state index in [0.29, 0.717) is 38.5 Å². The lowest BCUT2D eigenvalue weighted by atomic mass is 9.85. The molecule has 2 aromatic rings. The molecule has 0 radical (unpaired) electrons. The van der Waals surface area contributed by atoms with Gasteiger partial charge in [-0.15, -0.1) is 0 Å². The fourth-order valence-corrected chi connectivity index (χ4v) is 9.34. The second-order valence-electron chi connectivity index (χ2n) is 15.5. The molecule has 0 bridgehead atoms. The van der Waals surface area contributed by atoms with Gasteiger partial charge in [-0.2, -0.15) is 13.2 Å². The third-order valence-corrected chi connectivity index (χ3v) is 13.7. The Kier molecular flexibility index (Phi) is 9.48. The lowest BCUT2D eigenvalue weighted by Gasteiger charge is -2.38. The quantitative estimate of drug-likeness (QED) is 0.249. The minimum atomic E-state index is -5.12. The van der Waals surface area contributed by atoms with E-state index in [9.17, 15) is 45.9 Å². The summed E-state index contributed by atoms with van der Waals surface area (Å²) >= 11 is 0. The molecule has 1 aromatic heterocycles. The third-order valence-electron chi connectivity index (χ3n) is 11.5. The first kappa shape index (κ1) is 38.6. The van der Waals surface area contributed by atoms with Crippen molar-refractivity contribution >= 4 is 44.7 Å². The van der Waals surface area contributed by atoms with Gasteiger partial charge in [0.25, 0.3) is 5.91 Å². The van der Waals surface area contributed by atoms with Gasteiger partial charge in [0.15, 0.2) is 11.4 Å². The van der Waals surface area contributed by atoms with Crippen LogP contribution in [0.4, 0.5) is 22.4 Å². The van der Waals surface area contributed by atoms with Crippen molar-refractivity contribution in [3.63, 3.8) is 0 Å². The van der Waals surface area contributed by atoms with E-state index < -0.39 is 116 Å². The lowest BCUT2D eigenvalue weighted by molar-refractivity contribution is -0.145. The largest absolute Gasteiger partial charge is 0.497 e. The number of sulfonamides is 1. The van der Waals surface area contributed by atoms with Gasteiger partial charge in [0.1, 0.15) is 35.1 Å². The fraction of sp³-hybridized carbons (Fsp3) is 0.583. The van der Waals surface area contributed by atoms with Crippen LogP contribution >= 0.6 is 0 Å². The number of alkyl halides is 4. The van der Waals surface area contributed by atoms with Crippen LogP contribution in [-0.2, 0) is 30.6 Å². The Morgan fingerprint density at radius 2 is 1.87 bits per heavy atom. The first-order valence-corrected chi connectivity index (χ1v) is 19.6. The zero-order valence-corrected chi connectivity index (χ0v) is 30.8. The van der Waals surface area contributed by atoms with Gasteiger partial charge in [-0.1, -0.05) is 25.0 Å². The van der Waals surface area contributed by atoms with Crippen molar-refractivity contribution in [3.05, 3.63) is 41.6 Å². The van der Waals surface area contributed by atoms with Crippen molar-refractivity contribution in [2.75, 3.05) is 13.7 Å². The number of benzene rings is 1. The Labute approximate surface area is 313 Å². The Bertz CT molecular complexity index is 2090. The predicted octanol–water partition coefficient (Wildman–Crippen LogP) is 4.42. The van der Waals surface area contributed by atoms with Gasteiger partial charge in [0.2, 0.25) is 21.8 Å². The number of methoxy groups -OCH3 is 1. The van der Waals surface area contributed by atoms with Crippen molar-refractivity contribution in [1.82, 2.24) is 25.2 Å². The van der Waals surface area contributed by atoms with Gasteiger partial charge < -0.3 is 30.1 Å². The van der Waals surface area contributed by atoms with E-state index in [1.165, 1.54) is 32.2 Å². The molecule has 7 rings (SSSR count). The number of fused-ring (bicyclic) bond motifs is 5. The van der Waals surface area contributed by atoms with E-state index in [1.807, 2.05) is 0 Å². The van der Waals surface area contributed by atoms with Gasteiger partial charge in [-0.05, 0) is 63.6 Å². The summed E-state index contributed by atoms with van der Waals surface area (Å²) in [6, 6.07) is 0.985. The summed E-state index contributed by atoms with van der Waals surface area (Å²) in [5.41, 5.74) is -5.81. The molecule has 0 unspecified atom stereocenters. The predicted molar refractivity (Wildman–Crippen MR) is 186 cm³/mol. The number of nitrogens with zero attached hydrogens (tertiary/aromatic N) is 2. The highest BCUT2D eigenvalue weighted by molar-refractivity contribution is 7.91. The topological polar surface area (TPSA) is 193 Å². The number of rotatable bonds is 5. The molecule has 2 aliphatic carbocycles. The SMILES string of the molecule is COc1ccc2nc(C(F)(F)F)c3c(c2c1)[C@H](F)C[C@]1(C[C@H]2C(=O)N[C@]4(C(=O)NS(=O)(=O)C5(C)CC5)C[C@H]4/C=C\CCCCC[C@H](NC(=O)O)C(=O)N2C1)O3. The highest BCUT2D eigenvalue weighted by Crippen LogP contribution is 2.54. The molecule has 2 saturated carbocycles. The molecule has 1 saturated heterocycles. The van der Waals surface area contributed by atoms with Gasteiger partial charge >= 0.3 is 12.3 Å². The van der Waals surface area contributed by atoms with Crippen LogP contribution in [0.5, 0.6) is 11.5 Å². The first-order valence-electron chi connectivity index (χ1n) is 18.1. The summed E-state index contributed by atoms with van der Waals surface area (Å²) in [6.45, 7) is 0.867. The zero-order valence-electron chi connectivity index (χ0n) is 30.0. The molecule has 5 aliphatic rings. The van der Waals surface area contributed by atoms with Crippen molar-refractivity contribution in [2.24, 2.45) is 5.92 Å². The number of carbonyl (C=O) groups is 4. The van der Waals surface area contributed by atoms with E-state index >= 15 is 4.39 Å². The molecular formula is C36H41F4N5O9S. The summed E-state index contributed by atoms with van der Waals surface area (Å²) in [5, 5.41) is 14.5. The number of hydrogen-bond donors (Lipinski definition) is 4. The molecule has 14 nitrogen and oxygen atoms in total. The average molecular weight is 796 g/mol. The monoisotopic (exact) mass is 795 g/mol. The first-order chi connectivity index (χ1) is 25.8. The number of carboxylic acid groups (broad SMARTS) is 1. The molecule has 298 valence electrons. The van der Waals surface area contributed by atoms with E-state index in [1.54, 1.807) is 12.2 Å². The number of amides is 4. The Balaban J connectivity index is 1.29. The van der Waals surface area contributed by atoms with Crippen molar-refractivity contribution in [3.8, 4) is 11.5 Å². The summed E-state index contributed by atoms with van der Waals surface area (Å²) in [4.78, 5) is 59.0. The molecule has 3 aliphatic heterocycles. The third kappa shape index (κ3) is 7.03. The number of halogens is 4. The minimum Gasteiger partial charge on any atom is -0.497 e. The number of allylic oxidation sites excluding steroid dienone is 1.